The molecule has 0 fully saturated rings. The number of methoxy groups -OCH3 is 2. The smallest absolute Gasteiger partial charge is 0.333 e. The molecule has 0 aromatic heterocycles. The first-order valence-corrected chi connectivity index (χ1v) is 11.9. The number of hydrogen-bond acceptors (Lipinski definition) is 6. The molecule has 2 aromatic carbocycles. The number of esters is 1. The van der Waals surface area contributed by atoms with Crippen LogP contribution >= 0.6 is 0 Å². The highest BCUT2D eigenvalue weighted by molar-refractivity contribution is 5.90. The standard InChI is InChI=1S/C29H35NO5/c1-22(2)29(31)35-18-10-8-6-5-7-9-17-34-27-16-11-23(20-28(27)33-4)19-25(21-30)24-12-14-26(32-3)15-13-24/h11-16,19-20H,1,5-10,17-18H2,2-4H3/b25-19+. The van der Waals surface area contributed by atoms with Gasteiger partial charge in [0.15, 0.2) is 11.5 Å². The van der Waals surface area contributed by atoms with Crippen molar-refractivity contribution in [3.05, 3.63) is 65.7 Å². The summed E-state index contributed by atoms with van der Waals surface area (Å²) in [6.07, 6.45) is 7.97. The molecule has 0 aliphatic carbocycles. The monoisotopic (exact) mass is 477 g/mol. The first-order valence-electron chi connectivity index (χ1n) is 11.9. The number of ether oxygens (including phenoxy) is 4. The quantitative estimate of drug-likeness (QED) is 0.0945. The van der Waals surface area contributed by atoms with E-state index in [1.807, 2.05) is 48.5 Å². The number of nitriles is 1. The first kappa shape index (κ1) is 27.5. The largest absolute Gasteiger partial charge is 0.497 e. The molecule has 0 N–H and O–H groups in total. The van der Waals surface area contributed by atoms with Crippen LogP contribution in [-0.2, 0) is 9.53 Å². The highest BCUT2D eigenvalue weighted by atomic mass is 16.5. The van der Waals surface area contributed by atoms with E-state index in [0.29, 0.717) is 35.9 Å². The second kappa shape index (κ2) is 15.2. The maximum Gasteiger partial charge on any atom is 0.333 e. The summed E-state index contributed by atoms with van der Waals surface area (Å²) in [5, 5.41) is 9.61. The van der Waals surface area contributed by atoms with Gasteiger partial charge in [-0.1, -0.05) is 38.3 Å². The molecule has 0 saturated heterocycles. The summed E-state index contributed by atoms with van der Waals surface area (Å²) in [5.74, 6) is 1.75. The first-order chi connectivity index (χ1) is 17.0. The Labute approximate surface area is 208 Å². The zero-order chi connectivity index (χ0) is 25.5. The molecule has 0 bridgehead atoms. The predicted molar refractivity (Wildman–Crippen MR) is 138 cm³/mol. The van der Waals surface area contributed by atoms with Crippen molar-refractivity contribution in [3.8, 4) is 23.3 Å². The summed E-state index contributed by atoms with van der Waals surface area (Å²) in [6.45, 7) is 6.28. The van der Waals surface area contributed by atoms with Gasteiger partial charge in [-0.15, -0.1) is 0 Å². The van der Waals surface area contributed by atoms with Crippen LogP contribution in [0.4, 0.5) is 0 Å². The number of benzene rings is 2. The molecule has 0 amide bonds. The Bertz CT molecular complexity index is 1030. The summed E-state index contributed by atoms with van der Waals surface area (Å²) in [6, 6.07) is 15.3. The molecular weight excluding hydrogens is 442 g/mol. The Morgan fingerprint density at radius 3 is 2.17 bits per heavy atom. The maximum absolute atomic E-state index is 11.3. The van der Waals surface area contributed by atoms with E-state index >= 15 is 0 Å². The lowest BCUT2D eigenvalue weighted by Crippen LogP contribution is -2.06. The van der Waals surface area contributed by atoms with E-state index in [1.165, 1.54) is 0 Å². The van der Waals surface area contributed by atoms with Crippen LogP contribution in [0.15, 0.2) is 54.6 Å². The van der Waals surface area contributed by atoms with Crippen LogP contribution in [0.3, 0.4) is 0 Å². The van der Waals surface area contributed by atoms with Crippen molar-refractivity contribution in [1.82, 2.24) is 0 Å². The van der Waals surface area contributed by atoms with Gasteiger partial charge in [0, 0.05) is 5.57 Å². The van der Waals surface area contributed by atoms with E-state index in [9.17, 15) is 10.1 Å². The molecule has 0 atom stereocenters. The van der Waals surface area contributed by atoms with Gasteiger partial charge in [-0.25, -0.2) is 4.79 Å². The zero-order valence-electron chi connectivity index (χ0n) is 21.0. The summed E-state index contributed by atoms with van der Waals surface area (Å²) < 4.78 is 21.7. The Balaban J connectivity index is 1.77. The van der Waals surface area contributed by atoms with Crippen molar-refractivity contribution >= 4 is 17.6 Å². The zero-order valence-corrected chi connectivity index (χ0v) is 21.0. The van der Waals surface area contributed by atoms with E-state index in [0.717, 1.165) is 55.4 Å². The van der Waals surface area contributed by atoms with Crippen LogP contribution in [0.2, 0.25) is 0 Å². The predicted octanol–water partition coefficient (Wildman–Crippen LogP) is 6.61. The molecule has 2 aromatic rings. The minimum Gasteiger partial charge on any atom is -0.497 e. The van der Waals surface area contributed by atoms with E-state index in [1.54, 1.807) is 21.1 Å². The van der Waals surface area contributed by atoms with Crippen molar-refractivity contribution in [2.75, 3.05) is 27.4 Å². The third-order valence-electron chi connectivity index (χ3n) is 5.40. The maximum atomic E-state index is 11.3. The molecule has 6 heteroatoms. The van der Waals surface area contributed by atoms with Crippen LogP contribution in [0.25, 0.3) is 11.6 Å². The number of rotatable bonds is 15. The van der Waals surface area contributed by atoms with Gasteiger partial charge in [-0.3, -0.25) is 0 Å². The van der Waals surface area contributed by atoms with Gasteiger partial charge in [-0.2, -0.15) is 5.26 Å². The summed E-state index contributed by atoms with van der Waals surface area (Å²) in [7, 11) is 3.22. The fourth-order valence-electron chi connectivity index (χ4n) is 3.39. The Hall–Kier alpha value is -3.72. The van der Waals surface area contributed by atoms with Gasteiger partial charge < -0.3 is 18.9 Å². The second-order valence-electron chi connectivity index (χ2n) is 8.19. The summed E-state index contributed by atoms with van der Waals surface area (Å²) >= 11 is 0. The number of allylic oxidation sites excluding steroid dienone is 1. The van der Waals surface area contributed by atoms with Crippen LogP contribution < -0.4 is 14.2 Å². The van der Waals surface area contributed by atoms with Crippen molar-refractivity contribution < 1.29 is 23.7 Å². The lowest BCUT2D eigenvalue weighted by atomic mass is 10.0. The average molecular weight is 478 g/mol. The van der Waals surface area contributed by atoms with Gasteiger partial charge in [-0.05, 0) is 73.4 Å². The SMILES string of the molecule is C=C(C)C(=O)OCCCCCCCCOc1ccc(/C=C(\C#N)c2ccc(OC)cc2)cc1OC. The topological polar surface area (TPSA) is 77.8 Å². The second-order valence-corrected chi connectivity index (χ2v) is 8.19. The van der Waals surface area contributed by atoms with Crippen molar-refractivity contribution in [2.24, 2.45) is 0 Å². The molecule has 0 saturated carbocycles. The lowest BCUT2D eigenvalue weighted by Gasteiger charge is -2.11. The van der Waals surface area contributed by atoms with E-state index in [2.05, 4.69) is 12.6 Å². The molecule has 0 spiro atoms. The third kappa shape index (κ3) is 9.58. The number of unbranched alkanes of at least 4 members (excludes halogenated alkanes) is 5. The Morgan fingerprint density at radius 1 is 0.914 bits per heavy atom. The number of carbonyl (C=O) groups excluding carboxylic acids is 1. The molecule has 0 unspecified atom stereocenters. The van der Waals surface area contributed by atoms with Gasteiger partial charge >= 0.3 is 5.97 Å². The minimum absolute atomic E-state index is 0.315. The molecule has 186 valence electrons. The summed E-state index contributed by atoms with van der Waals surface area (Å²) in [4.78, 5) is 11.3. The fourth-order valence-corrected chi connectivity index (χ4v) is 3.39. The van der Waals surface area contributed by atoms with Gasteiger partial charge in [0.2, 0.25) is 0 Å². The molecular formula is C29H35NO5. The minimum atomic E-state index is -0.315. The lowest BCUT2D eigenvalue weighted by molar-refractivity contribution is -0.139. The average Bonchev–Trinajstić information content (AvgIpc) is 2.88. The Morgan fingerprint density at radius 2 is 1.57 bits per heavy atom. The normalized spacial score (nSPS) is 10.9. The van der Waals surface area contributed by atoms with Gasteiger partial charge in [0.1, 0.15) is 5.75 Å². The van der Waals surface area contributed by atoms with Gasteiger partial charge in [0.05, 0.1) is 39.1 Å². The van der Waals surface area contributed by atoms with Crippen LogP contribution in [0, 0.1) is 11.3 Å². The molecule has 6 nitrogen and oxygen atoms in total. The molecule has 0 aliphatic rings. The molecule has 0 radical (unpaired) electrons. The van der Waals surface area contributed by atoms with Crippen LogP contribution in [0.5, 0.6) is 17.2 Å². The van der Waals surface area contributed by atoms with Crippen molar-refractivity contribution in [1.29, 1.82) is 5.26 Å². The van der Waals surface area contributed by atoms with E-state index in [4.69, 9.17) is 18.9 Å². The van der Waals surface area contributed by atoms with Crippen LogP contribution in [0.1, 0.15) is 56.6 Å². The summed E-state index contributed by atoms with van der Waals surface area (Å²) in [5.41, 5.74) is 2.67. The number of hydrogen-bond donors (Lipinski definition) is 0. The highest BCUT2D eigenvalue weighted by Crippen LogP contribution is 2.30. The number of nitrogens with zero attached hydrogens (tertiary/aromatic N) is 1. The Kier molecular flexibility index (Phi) is 12.0. The van der Waals surface area contributed by atoms with Gasteiger partial charge in [0.25, 0.3) is 0 Å². The molecule has 2 rings (SSSR count). The van der Waals surface area contributed by atoms with E-state index in [-0.39, 0.29) is 5.97 Å². The fraction of sp³-hybridized carbons (Fsp3) is 0.379. The number of carbonyl (C=O) groups is 1. The molecule has 0 aliphatic heterocycles. The van der Waals surface area contributed by atoms with Crippen molar-refractivity contribution in [2.45, 2.75) is 45.4 Å². The highest BCUT2D eigenvalue weighted by Gasteiger charge is 2.08. The van der Waals surface area contributed by atoms with E-state index < -0.39 is 0 Å². The van der Waals surface area contributed by atoms with Crippen molar-refractivity contribution in [3.63, 3.8) is 0 Å². The molecule has 0 heterocycles. The third-order valence-corrected chi connectivity index (χ3v) is 5.40. The molecule has 35 heavy (non-hydrogen) atoms. The van der Waals surface area contributed by atoms with Crippen LogP contribution in [-0.4, -0.2) is 33.4 Å².